The maximum atomic E-state index is 13.1. The average Bonchev–Trinajstić information content (AvgIpc) is 2.80. The molecule has 2 rings (SSSR count). The monoisotopic (exact) mass is 320 g/mol. The molecule has 7 heteroatoms. The van der Waals surface area contributed by atoms with E-state index in [1.807, 2.05) is 0 Å². The molecule has 1 N–H and O–H groups in total. The summed E-state index contributed by atoms with van der Waals surface area (Å²) in [6.45, 7) is 2.99. The van der Waals surface area contributed by atoms with Crippen molar-refractivity contribution in [3.63, 3.8) is 0 Å². The highest BCUT2D eigenvalue weighted by Crippen LogP contribution is 2.49. The summed E-state index contributed by atoms with van der Waals surface area (Å²) in [5.74, 6) is -0.223. The molecule has 0 amide bonds. The van der Waals surface area contributed by atoms with Gasteiger partial charge in [-0.1, -0.05) is 13.8 Å². The highest BCUT2D eigenvalue weighted by molar-refractivity contribution is 5.64. The van der Waals surface area contributed by atoms with Gasteiger partial charge in [-0.15, -0.1) is 0 Å². The lowest BCUT2D eigenvalue weighted by Crippen LogP contribution is -2.49. The number of ether oxygens (including phenoxy) is 1. The van der Waals surface area contributed by atoms with Crippen LogP contribution in [0.15, 0.2) is 35.1 Å². The third kappa shape index (κ3) is 2.82. The second kappa shape index (κ2) is 5.22. The number of aldehydes is 1. The maximum absolute atomic E-state index is 13.1. The van der Waals surface area contributed by atoms with E-state index < -0.39 is 35.7 Å². The zero-order chi connectivity index (χ0) is 16.8. The number of rotatable bonds is 4. The van der Waals surface area contributed by atoms with Crippen molar-refractivity contribution in [1.29, 1.82) is 0 Å². The summed E-state index contributed by atoms with van der Waals surface area (Å²) in [5.41, 5.74) is -3.46. The Hall–Kier alpha value is -1.63. The first-order valence-corrected chi connectivity index (χ1v) is 6.72. The van der Waals surface area contributed by atoms with Gasteiger partial charge in [0.25, 0.3) is 0 Å². The first-order valence-electron chi connectivity index (χ1n) is 6.72. The topological polar surface area (TPSA) is 46.5 Å². The Morgan fingerprint density at radius 2 is 1.95 bits per heavy atom. The molecule has 22 heavy (non-hydrogen) atoms. The van der Waals surface area contributed by atoms with Crippen LogP contribution in [0.5, 0.6) is 0 Å². The Labute approximate surface area is 124 Å². The number of alkyl halides is 3. The van der Waals surface area contributed by atoms with Crippen LogP contribution in [0.4, 0.5) is 17.6 Å². The molecule has 2 aliphatic rings. The molecule has 0 aromatic carbocycles. The summed E-state index contributed by atoms with van der Waals surface area (Å²) < 4.78 is 57.0. The van der Waals surface area contributed by atoms with Crippen LogP contribution in [0, 0.1) is 5.41 Å². The SMILES string of the molecule is CC(C)(CC(O)(C=O)C(F)(F)F)C1=C2OC=C(F)C=C2CC1. The van der Waals surface area contributed by atoms with E-state index in [9.17, 15) is 27.5 Å². The molecule has 1 aliphatic carbocycles. The normalized spacial score (nSPS) is 21.6. The molecular weight excluding hydrogens is 304 g/mol. The van der Waals surface area contributed by atoms with E-state index in [-0.39, 0.29) is 0 Å². The number of aliphatic hydroxyl groups is 1. The Morgan fingerprint density at radius 3 is 2.50 bits per heavy atom. The number of carbonyl (C=O) groups excluding carboxylic acids is 1. The van der Waals surface area contributed by atoms with Crippen molar-refractivity contribution >= 4 is 6.29 Å². The van der Waals surface area contributed by atoms with Crippen molar-refractivity contribution in [3.8, 4) is 0 Å². The van der Waals surface area contributed by atoms with Gasteiger partial charge in [-0.05, 0) is 35.5 Å². The molecular formula is C15H16F4O3. The highest BCUT2D eigenvalue weighted by Gasteiger charge is 2.57. The smallest absolute Gasteiger partial charge is 0.424 e. The third-order valence-electron chi connectivity index (χ3n) is 4.03. The van der Waals surface area contributed by atoms with Crippen molar-refractivity contribution in [3.05, 3.63) is 35.1 Å². The van der Waals surface area contributed by atoms with E-state index >= 15 is 0 Å². The first-order chi connectivity index (χ1) is 10.00. The zero-order valence-corrected chi connectivity index (χ0v) is 12.1. The zero-order valence-electron chi connectivity index (χ0n) is 12.1. The largest absolute Gasteiger partial charge is 0.462 e. The van der Waals surface area contributed by atoms with Gasteiger partial charge in [-0.25, -0.2) is 4.39 Å². The minimum atomic E-state index is -5.06. The molecule has 0 fully saturated rings. The summed E-state index contributed by atoms with van der Waals surface area (Å²) in [5, 5.41) is 9.65. The van der Waals surface area contributed by atoms with E-state index in [1.165, 1.54) is 19.9 Å². The molecule has 122 valence electrons. The standard InChI is InChI=1S/C15H16F4O3/c1-13(2,7-14(21,8-20)15(17,18)19)11-4-3-9-5-10(16)6-22-12(9)11/h5-6,8,21H,3-4,7H2,1-2H3. The molecule has 0 aromatic rings. The van der Waals surface area contributed by atoms with Crippen LogP contribution < -0.4 is 0 Å². The van der Waals surface area contributed by atoms with Crippen LogP contribution in [-0.4, -0.2) is 23.2 Å². The van der Waals surface area contributed by atoms with Gasteiger partial charge in [0.15, 0.2) is 12.1 Å². The fourth-order valence-corrected chi connectivity index (χ4v) is 2.92. The van der Waals surface area contributed by atoms with Gasteiger partial charge in [0.1, 0.15) is 12.0 Å². The molecule has 0 saturated carbocycles. The summed E-state index contributed by atoms with van der Waals surface area (Å²) in [7, 11) is 0. The summed E-state index contributed by atoms with van der Waals surface area (Å²) in [4.78, 5) is 10.8. The molecule has 1 atom stereocenters. The Morgan fingerprint density at radius 1 is 1.32 bits per heavy atom. The predicted molar refractivity (Wildman–Crippen MR) is 70.1 cm³/mol. The molecule has 1 aliphatic heterocycles. The van der Waals surface area contributed by atoms with Crippen LogP contribution in [0.25, 0.3) is 0 Å². The van der Waals surface area contributed by atoms with Gasteiger partial charge >= 0.3 is 6.18 Å². The molecule has 0 saturated heterocycles. The summed E-state index contributed by atoms with van der Waals surface area (Å²) in [6.07, 6.45) is -3.37. The first kappa shape index (κ1) is 16.7. The van der Waals surface area contributed by atoms with E-state index in [1.54, 1.807) is 0 Å². The minimum Gasteiger partial charge on any atom is -0.462 e. The lowest BCUT2D eigenvalue weighted by Gasteiger charge is -2.35. The van der Waals surface area contributed by atoms with E-state index in [0.29, 0.717) is 29.7 Å². The van der Waals surface area contributed by atoms with Gasteiger partial charge in [0.2, 0.25) is 5.60 Å². The molecule has 0 aromatic heterocycles. The summed E-state index contributed by atoms with van der Waals surface area (Å²) in [6, 6.07) is 0. The Kier molecular flexibility index (Phi) is 3.97. The maximum Gasteiger partial charge on any atom is 0.424 e. The van der Waals surface area contributed by atoms with Gasteiger partial charge in [-0.3, -0.25) is 4.79 Å². The summed E-state index contributed by atoms with van der Waals surface area (Å²) >= 11 is 0. The van der Waals surface area contributed by atoms with Gasteiger partial charge in [-0.2, -0.15) is 13.2 Å². The lowest BCUT2D eigenvalue weighted by atomic mass is 9.74. The van der Waals surface area contributed by atoms with E-state index in [4.69, 9.17) is 4.74 Å². The van der Waals surface area contributed by atoms with Crippen molar-refractivity contribution in [2.24, 2.45) is 5.41 Å². The highest BCUT2D eigenvalue weighted by atomic mass is 19.4. The van der Waals surface area contributed by atoms with Gasteiger partial charge < -0.3 is 9.84 Å². The van der Waals surface area contributed by atoms with Crippen molar-refractivity contribution < 1.29 is 32.2 Å². The number of hydrogen-bond donors (Lipinski definition) is 1. The molecule has 1 unspecified atom stereocenters. The number of fused-ring (bicyclic) bond motifs is 1. The molecule has 0 spiro atoms. The number of carbonyl (C=O) groups is 1. The second-order valence-corrected chi connectivity index (χ2v) is 6.20. The van der Waals surface area contributed by atoms with Crippen LogP contribution in [0.2, 0.25) is 0 Å². The van der Waals surface area contributed by atoms with Gasteiger partial charge in [0.05, 0.1) is 0 Å². The fraction of sp³-hybridized carbons (Fsp3) is 0.533. The number of halogens is 4. The predicted octanol–water partition coefficient (Wildman–Crippen LogP) is 3.71. The molecule has 1 heterocycles. The number of allylic oxidation sites excluding steroid dienone is 4. The van der Waals surface area contributed by atoms with Crippen molar-refractivity contribution in [1.82, 2.24) is 0 Å². The van der Waals surface area contributed by atoms with Crippen molar-refractivity contribution in [2.45, 2.75) is 44.9 Å². The Balaban J connectivity index is 2.34. The van der Waals surface area contributed by atoms with E-state index in [2.05, 4.69) is 0 Å². The van der Waals surface area contributed by atoms with Gasteiger partial charge in [0, 0.05) is 6.42 Å². The van der Waals surface area contributed by atoms with Crippen LogP contribution >= 0.6 is 0 Å². The second-order valence-electron chi connectivity index (χ2n) is 6.20. The van der Waals surface area contributed by atoms with Crippen LogP contribution in [-0.2, 0) is 9.53 Å². The van der Waals surface area contributed by atoms with E-state index in [0.717, 1.165) is 6.26 Å². The van der Waals surface area contributed by atoms with Crippen LogP contribution in [0.3, 0.4) is 0 Å². The third-order valence-corrected chi connectivity index (χ3v) is 4.03. The molecule has 0 radical (unpaired) electrons. The van der Waals surface area contributed by atoms with Crippen LogP contribution in [0.1, 0.15) is 33.1 Å². The Bertz CT molecular complexity index is 584. The quantitative estimate of drug-likeness (QED) is 0.634. The number of hydrogen-bond acceptors (Lipinski definition) is 3. The minimum absolute atomic E-state index is 0.335. The van der Waals surface area contributed by atoms with Crippen molar-refractivity contribution in [2.75, 3.05) is 0 Å². The lowest BCUT2D eigenvalue weighted by molar-refractivity contribution is -0.251. The molecule has 3 nitrogen and oxygen atoms in total. The molecule has 0 bridgehead atoms. The fourth-order valence-electron chi connectivity index (χ4n) is 2.92. The average molecular weight is 320 g/mol.